The van der Waals surface area contributed by atoms with Gasteiger partial charge in [-0.2, -0.15) is 0 Å². The molecule has 2 aliphatic rings. The summed E-state index contributed by atoms with van der Waals surface area (Å²) >= 11 is 0. The van der Waals surface area contributed by atoms with Crippen molar-refractivity contribution < 1.29 is 4.79 Å². The Balaban J connectivity index is 2.25. The molecule has 1 amide bonds. The highest BCUT2D eigenvalue weighted by atomic mass is 16.2. The van der Waals surface area contributed by atoms with E-state index in [1.807, 2.05) is 17.9 Å². The second-order valence-electron chi connectivity index (χ2n) is 3.44. The Morgan fingerprint density at radius 2 is 2.25 bits per heavy atom. The fourth-order valence-corrected chi connectivity index (χ4v) is 1.76. The quantitative estimate of drug-likeness (QED) is 0.494. The first-order chi connectivity index (χ1) is 5.79. The van der Waals surface area contributed by atoms with Crippen molar-refractivity contribution in [1.82, 2.24) is 4.90 Å². The van der Waals surface area contributed by atoms with Gasteiger partial charge in [-0.15, -0.1) is 0 Å². The molecule has 0 saturated carbocycles. The SMILES string of the molecule is C[C@@H]1C=C[C@H]2CC=CCN2C1=O. The monoisotopic (exact) mass is 163 g/mol. The van der Waals surface area contributed by atoms with Gasteiger partial charge < -0.3 is 4.90 Å². The summed E-state index contributed by atoms with van der Waals surface area (Å²) in [5.74, 6) is 0.347. The van der Waals surface area contributed by atoms with Crippen LogP contribution in [-0.2, 0) is 4.79 Å². The molecule has 12 heavy (non-hydrogen) atoms. The van der Waals surface area contributed by atoms with Gasteiger partial charge in [-0.25, -0.2) is 0 Å². The minimum absolute atomic E-state index is 0.0766. The summed E-state index contributed by atoms with van der Waals surface area (Å²) in [6, 6.07) is 0.332. The van der Waals surface area contributed by atoms with E-state index in [1.165, 1.54) is 0 Å². The number of amides is 1. The topological polar surface area (TPSA) is 20.3 Å². The van der Waals surface area contributed by atoms with Crippen molar-refractivity contribution in [1.29, 1.82) is 0 Å². The molecule has 0 saturated heterocycles. The van der Waals surface area contributed by atoms with Crippen LogP contribution in [0.5, 0.6) is 0 Å². The van der Waals surface area contributed by atoms with Gasteiger partial charge >= 0.3 is 0 Å². The fourth-order valence-electron chi connectivity index (χ4n) is 1.76. The van der Waals surface area contributed by atoms with Crippen molar-refractivity contribution in [2.24, 2.45) is 5.92 Å². The molecule has 2 aliphatic heterocycles. The average Bonchev–Trinajstić information content (AvgIpc) is 2.12. The molecule has 0 N–H and O–H groups in total. The Morgan fingerprint density at radius 1 is 1.42 bits per heavy atom. The summed E-state index contributed by atoms with van der Waals surface area (Å²) in [5, 5.41) is 0. The molecule has 0 aromatic heterocycles. The van der Waals surface area contributed by atoms with Gasteiger partial charge in [-0.1, -0.05) is 31.2 Å². The maximum absolute atomic E-state index is 11.6. The predicted octanol–water partition coefficient (Wildman–Crippen LogP) is 1.35. The van der Waals surface area contributed by atoms with Crippen LogP contribution in [0.1, 0.15) is 13.3 Å². The summed E-state index contributed by atoms with van der Waals surface area (Å²) in [6.07, 6.45) is 9.36. The van der Waals surface area contributed by atoms with Crippen LogP contribution in [0.2, 0.25) is 0 Å². The van der Waals surface area contributed by atoms with E-state index in [0.29, 0.717) is 6.04 Å². The van der Waals surface area contributed by atoms with Crippen LogP contribution in [0.25, 0.3) is 0 Å². The molecule has 0 fully saturated rings. The molecule has 0 bridgehead atoms. The van der Waals surface area contributed by atoms with Crippen molar-refractivity contribution in [2.75, 3.05) is 6.54 Å². The summed E-state index contributed by atoms with van der Waals surface area (Å²) in [4.78, 5) is 13.5. The lowest BCUT2D eigenvalue weighted by molar-refractivity contribution is -0.135. The van der Waals surface area contributed by atoms with Gasteiger partial charge in [-0.05, 0) is 6.42 Å². The molecule has 2 heterocycles. The van der Waals surface area contributed by atoms with Crippen molar-refractivity contribution >= 4 is 5.91 Å². The number of hydrogen-bond donors (Lipinski definition) is 0. The lowest BCUT2D eigenvalue weighted by atomic mass is 9.97. The third-order valence-corrected chi connectivity index (χ3v) is 2.54. The van der Waals surface area contributed by atoms with E-state index < -0.39 is 0 Å². The number of fused-ring (bicyclic) bond motifs is 1. The molecule has 0 unspecified atom stereocenters. The molecule has 64 valence electrons. The van der Waals surface area contributed by atoms with Gasteiger partial charge in [-0.3, -0.25) is 4.79 Å². The highest BCUT2D eigenvalue weighted by molar-refractivity contribution is 5.82. The van der Waals surface area contributed by atoms with E-state index in [2.05, 4.69) is 18.2 Å². The van der Waals surface area contributed by atoms with Crippen molar-refractivity contribution in [2.45, 2.75) is 19.4 Å². The van der Waals surface area contributed by atoms with Crippen LogP contribution in [0, 0.1) is 5.92 Å². The second-order valence-corrected chi connectivity index (χ2v) is 3.44. The molecular weight excluding hydrogens is 150 g/mol. The third-order valence-electron chi connectivity index (χ3n) is 2.54. The number of carbonyl (C=O) groups excluding carboxylic acids is 1. The molecule has 0 aliphatic carbocycles. The van der Waals surface area contributed by atoms with Gasteiger partial charge in [0.25, 0.3) is 0 Å². The molecule has 2 heteroatoms. The van der Waals surface area contributed by atoms with E-state index in [9.17, 15) is 4.79 Å². The largest absolute Gasteiger partial charge is 0.332 e. The predicted molar refractivity (Wildman–Crippen MR) is 47.6 cm³/mol. The second kappa shape index (κ2) is 2.77. The van der Waals surface area contributed by atoms with E-state index >= 15 is 0 Å². The van der Waals surface area contributed by atoms with Crippen LogP contribution in [-0.4, -0.2) is 23.4 Å². The van der Waals surface area contributed by atoms with Crippen LogP contribution >= 0.6 is 0 Å². The fraction of sp³-hybridized carbons (Fsp3) is 0.500. The average molecular weight is 163 g/mol. The molecule has 0 aromatic carbocycles. The summed E-state index contributed by atoms with van der Waals surface area (Å²) in [6.45, 7) is 2.74. The smallest absolute Gasteiger partial charge is 0.229 e. The van der Waals surface area contributed by atoms with Crippen molar-refractivity contribution in [3.8, 4) is 0 Å². The van der Waals surface area contributed by atoms with Crippen LogP contribution in [0.15, 0.2) is 24.3 Å². The van der Waals surface area contributed by atoms with Gasteiger partial charge in [0.15, 0.2) is 0 Å². The van der Waals surface area contributed by atoms with E-state index in [4.69, 9.17) is 0 Å². The first kappa shape index (κ1) is 7.59. The van der Waals surface area contributed by atoms with E-state index in [-0.39, 0.29) is 11.8 Å². The Hall–Kier alpha value is -1.05. The summed E-state index contributed by atoms with van der Waals surface area (Å²) < 4.78 is 0. The number of carbonyl (C=O) groups is 1. The van der Waals surface area contributed by atoms with Crippen molar-refractivity contribution in [3.63, 3.8) is 0 Å². The van der Waals surface area contributed by atoms with E-state index in [1.54, 1.807) is 0 Å². The van der Waals surface area contributed by atoms with Crippen LogP contribution < -0.4 is 0 Å². The van der Waals surface area contributed by atoms with E-state index in [0.717, 1.165) is 13.0 Å². The zero-order valence-corrected chi connectivity index (χ0v) is 7.23. The molecule has 2 rings (SSSR count). The zero-order chi connectivity index (χ0) is 8.55. The first-order valence-corrected chi connectivity index (χ1v) is 4.43. The number of hydrogen-bond acceptors (Lipinski definition) is 1. The Morgan fingerprint density at radius 3 is 3.08 bits per heavy atom. The lowest BCUT2D eigenvalue weighted by Gasteiger charge is -2.35. The molecule has 2 atom stereocenters. The molecular formula is C10H13NO. The molecule has 0 aromatic rings. The summed E-state index contributed by atoms with van der Waals surface area (Å²) in [5.41, 5.74) is 0. The highest BCUT2D eigenvalue weighted by Gasteiger charge is 2.28. The van der Waals surface area contributed by atoms with Crippen LogP contribution in [0.4, 0.5) is 0 Å². The zero-order valence-electron chi connectivity index (χ0n) is 7.23. The Labute approximate surface area is 72.6 Å². The minimum Gasteiger partial charge on any atom is -0.332 e. The number of nitrogens with zero attached hydrogens (tertiary/aromatic N) is 1. The normalized spacial score (nSPS) is 33.8. The van der Waals surface area contributed by atoms with Crippen molar-refractivity contribution in [3.05, 3.63) is 24.3 Å². The van der Waals surface area contributed by atoms with Gasteiger partial charge in [0.1, 0.15) is 0 Å². The minimum atomic E-state index is 0.0766. The highest BCUT2D eigenvalue weighted by Crippen LogP contribution is 2.21. The Kier molecular flexibility index (Phi) is 1.75. The first-order valence-electron chi connectivity index (χ1n) is 4.43. The summed E-state index contributed by atoms with van der Waals surface area (Å²) in [7, 11) is 0. The third kappa shape index (κ3) is 1.07. The van der Waals surface area contributed by atoms with Gasteiger partial charge in [0.2, 0.25) is 5.91 Å². The van der Waals surface area contributed by atoms with Crippen LogP contribution in [0.3, 0.4) is 0 Å². The maximum atomic E-state index is 11.6. The lowest BCUT2D eigenvalue weighted by Crippen LogP contribution is -2.45. The maximum Gasteiger partial charge on any atom is 0.229 e. The number of rotatable bonds is 0. The molecule has 0 spiro atoms. The van der Waals surface area contributed by atoms with Gasteiger partial charge in [0, 0.05) is 6.54 Å². The van der Waals surface area contributed by atoms with Gasteiger partial charge in [0.05, 0.1) is 12.0 Å². The standard InChI is InChI=1S/C10H13NO/c1-8-5-6-9-4-2-3-7-11(9)10(8)12/h2-3,5-6,8-9H,4,7H2,1H3/t8-,9-/m1/s1. The Bertz CT molecular complexity index is 255. The molecule has 2 nitrogen and oxygen atoms in total. The molecule has 0 radical (unpaired) electrons.